The number of aliphatic carboxylic acids is 1. The van der Waals surface area contributed by atoms with Crippen LogP contribution in [-0.2, 0) is 11.2 Å². The Morgan fingerprint density at radius 3 is 2.62 bits per heavy atom. The van der Waals surface area contributed by atoms with E-state index in [1.165, 1.54) is 0 Å². The highest BCUT2D eigenvalue weighted by molar-refractivity contribution is 6.35. The van der Waals surface area contributed by atoms with Crippen molar-refractivity contribution in [3.8, 4) is 0 Å². The molecule has 0 aromatic heterocycles. The molecule has 2 unspecified atom stereocenters. The summed E-state index contributed by atoms with van der Waals surface area (Å²) in [5.74, 6) is -0.484. The Labute approximate surface area is 135 Å². The summed E-state index contributed by atoms with van der Waals surface area (Å²) in [6.07, 6.45) is 2.53. The molecule has 2 atom stereocenters. The highest BCUT2D eigenvalue weighted by Crippen LogP contribution is 2.26. The number of halogens is 2. The second-order valence-electron chi connectivity index (χ2n) is 5.94. The first-order valence-corrected chi connectivity index (χ1v) is 8.11. The first-order chi connectivity index (χ1) is 9.97. The molecule has 1 N–H and O–H groups in total. The molecule has 1 aliphatic heterocycles. The minimum absolute atomic E-state index is 0.238. The Bertz CT molecular complexity index is 487. The third-order valence-electron chi connectivity index (χ3n) is 4.05. The van der Waals surface area contributed by atoms with Crippen LogP contribution >= 0.6 is 23.2 Å². The Balaban J connectivity index is 1.87. The normalized spacial score (nSPS) is 23.2. The van der Waals surface area contributed by atoms with Crippen LogP contribution in [0, 0.1) is 11.8 Å². The lowest BCUT2D eigenvalue weighted by Crippen LogP contribution is -2.42. The summed E-state index contributed by atoms with van der Waals surface area (Å²) >= 11 is 12.3. The van der Waals surface area contributed by atoms with Gasteiger partial charge in [-0.05, 0) is 49.4 Å². The van der Waals surface area contributed by atoms with E-state index in [0.717, 1.165) is 37.9 Å². The zero-order valence-corrected chi connectivity index (χ0v) is 13.7. The number of hydrogen-bond acceptors (Lipinski definition) is 2. The van der Waals surface area contributed by atoms with Gasteiger partial charge in [0.25, 0.3) is 0 Å². The van der Waals surface area contributed by atoms with E-state index in [0.29, 0.717) is 22.5 Å². The molecule has 1 heterocycles. The molecule has 1 saturated heterocycles. The lowest BCUT2D eigenvalue weighted by Gasteiger charge is -2.34. The maximum Gasteiger partial charge on any atom is 0.307 e. The molecule has 0 bridgehead atoms. The fourth-order valence-corrected chi connectivity index (χ4v) is 3.66. The van der Waals surface area contributed by atoms with E-state index in [4.69, 9.17) is 23.2 Å². The molecule has 2 rings (SSSR count). The van der Waals surface area contributed by atoms with E-state index in [1.54, 1.807) is 0 Å². The van der Waals surface area contributed by atoms with Crippen molar-refractivity contribution in [1.29, 1.82) is 0 Å². The van der Waals surface area contributed by atoms with Gasteiger partial charge in [0.15, 0.2) is 0 Å². The van der Waals surface area contributed by atoms with Crippen LogP contribution < -0.4 is 0 Å². The van der Waals surface area contributed by atoms with E-state index >= 15 is 0 Å². The van der Waals surface area contributed by atoms with Crippen LogP contribution in [0.1, 0.15) is 25.3 Å². The van der Waals surface area contributed by atoms with Crippen molar-refractivity contribution in [2.45, 2.75) is 26.2 Å². The topological polar surface area (TPSA) is 40.5 Å². The third-order valence-corrected chi connectivity index (χ3v) is 4.76. The van der Waals surface area contributed by atoms with Gasteiger partial charge in [-0.25, -0.2) is 0 Å². The Morgan fingerprint density at radius 2 is 2.00 bits per heavy atom. The van der Waals surface area contributed by atoms with E-state index in [-0.39, 0.29) is 5.92 Å². The Morgan fingerprint density at radius 1 is 1.33 bits per heavy atom. The molecule has 1 fully saturated rings. The monoisotopic (exact) mass is 329 g/mol. The van der Waals surface area contributed by atoms with Gasteiger partial charge in [-0.3, -0.25) is 4.79 Å². The quantitative estimate of drug-likeness (QED) is 0.888. The van der Waals surface area contributed by atoms with E-state index in [2.05, 4.69) is 11.8 Å². The van der Waals surface area contributed by atoms with E-state index in [1.807, 2.05) is 18.2 Å². The highest BCUT2D eigenvalue weighted by atomic mass is 35.5. The summed E-state index contributed by atoms with van der Waals surface area (Å²) in [5, 5.41) is 10.6. The highest BCUT2D eigenvalue weighted by Gasteiger charge is 2.28. The molecule has 0 amide bonds. The number of carbonyl (C=O) groups is 1. The predicted octanol–water partition coefficient (Wildman–Crippen LogP) is 3.97. The summed E-state index contributed by atoms with van der Waals surface area (Å²) in [5.41, 5.74) is 0.987. The average Bonchev–Trinajstić information content (AvgIpc) is 2.41. The van der Waals surface area contributed by atoms with Crippen LogP contribution in [0.2, 0.25) is 10.0 Å². The minimum Gasteiger partial charge on any atom is -0.481 e. The van der Waals surface area contributed by atoms with Crippen LogP contribution in [0.25, 0.3) is 0 Å². The molecule has 1 aromatic carbocycles. The predicted molar refractivity (Wildman–Crippen MR) is 86.1 cm³/mol. The zero-order valence-electron chi connectivity index (χ0n) is 12.2. The number of nitrogens with zero attached hydrogens (tertiary/aromatic N) is 1. The van der Waals surface area contributed by atoms with Gasteiger partial charge in [-0.2, -0.15) is 0 Å². The van der Waals surface area contributed by atoms with Gasteiger partial charge < -0.3 is 10.0 Å². The molecule has 5 heteroatoms. The first-order valence-electron chi connectivity index (χ1n) is 7.35. The number of carboxylic acid groups (broad SMARTS) is 1. The molecule has 0 spiro atoms. The fraction of sp³-hybridized carbons (Fsp3) is 0.562. The van der Waals surface area contributed by atoms with Crippen LogP contribution in [0.3, 0.4) is 0 Å². The average molecular weight is 330 g/mol. The standard InChI is InChI=1S/C16H21Cl2NO2/c1-11-8-12(16(20)21)10-19(9-11)7-3-4-13-14(17)5-2-6-15(13)18/h2,5-6,11-12H,3-4,7-10H2,1H3,(H,20,21). The van der Waals surface area contributed by atoms with Gasteiger partial charge in [0, 0.05) is 23.1 Å². The molecule has 0 aliphatic carbocycles. The van der Waals surface area contributed by atoms with Crippen LogP contribution in [0.15, 0.2) is 18.2 Å². The number of piperidine rings is 1. The lowest BCUT2D eigenvalue weighted by atomic mass is 9.90. The number of carboxylic acids is 1. The molecule has 0 radical (unpaired) electrons. The lowest BCUT2D eigenvalue weighted by molar-refractivity contribution is -0.144. The number of likely N-dealkylation sites (tertiary alicyclic amines) is 1. The smallest absolute Gasteiger partial charge is 0.307 e. The fourth-order valence-electron chi connectivity index (χ4n) is 3.07. The summed E-state index contributed by atoms with van der Waals surface area (Å²) in [6.45, 7) is 4.62. The van der Waals surface area contributed by atoms with Crippen molar-refractivity contribution in [3.05, 3.63) is 33.8 Å². The number of rotatable bonds is 5. The van der Waals surface area contributed by atoms with Gasteiger partial charge in [-0.15, -0.1) is 0 Å². The van der Waals surface area contributed by atoms with Crippen molar-refractivity contribution in [3.63, 3.8) is 0 Å². The van der Waals surface area contributed by atoms with Gasteiger partial charge in [0.05, 0.1) is 5.92 Å². The van der Waals surface area contributed by atoms with Gasteiger partial charge in [-0.1, -0.05) is 36.2 Å². The molecule has 1 aliphatic rings. The Hall–Kier alpha value is -0.770. The van der Waals surface area contributed by atoms with Gasteiger partial charge in [0.1, 0.15) is 0 Å². The number of hydrogen-bond donors (Lipinski definition) is 1. The van der Waals surface area contributed by atoms with Gasteiger partial charge in [0.2, 0.25) is 0 Å². The molecular formula is C16H21Cl2NO2. The maximum absolute atomic E-state index is 11.2. The third kappa shape index (κ3) is 4.60. The molecule has 116 valence electrons. The van der Waals surface area contributed by atoms with E-state index in [9.17, 15) is 9.90 Å². The largest absolute Gasteiger partial charge is 0.481 e. The number of benzene rings is 1. The molecular weight excluding hydrogens is 309 g/mol. The van der Waals surface area contributed by atoms with Crippen molar-refractivity contribution in [1.82, 2.24) is 4.90 Å². The summed E-state index contributed by atoms with van der Waals surface area (Å²) in [4.78, 5) is 13.4. The van der Waals surface area contributed by atoms with Crippen molar-refractivity contribution < 1.29 is 9.90 Å². The van der Waals surface area contributed by atoms with E-state index < -0.39 is 5.97 Å². The zero-order chi connectivity index (χ0) is 15.4. The van der Waals surface area contributed by atoms with Crippen LogP contribution in [0.5, 0.6) is 0 Å². The molecule has 3 nitrogen and oxygen atoms in total. The van der Waals surface area contributed by atoms with Gasteiger partial charge >= 0.3 is 5.97 Å². The second kappa shape index (κ2) is 7.48. The van der Waals surface area contributed by atoms with Crippen LogP contribution in [0.4, 0.5) is 0 Å². The summed E-state index contributed by atoms with van der Waals surface area (Å²) < 4.78 is 0. The maximum atomic E-state index is 11.2. The molecule has 21 heavy (non-hydrogen) atoms. The minimum atomic E-state index is -0.680. The van der Waals surface area contributed by atoms with Crippen molar-refractivity contribution >= 4 is 29.2 Å². The van der Waals surface area contributed by atoms with Crippen LogP contribution in [-0.4, -0.2) is 35.6 Å². The molecule has 1 aromatic rings. The molecule has 0 saturated carbocycles. The van der Waals surface area contributed by atoms with Crippen molar-refractivity contribution in [2.24, 2.45) is 11.8 Å². The SMILES string of the molecule is CC1CC(C(=O)O)CN(CCCc2c(Cl)cccc2Cl)C1. The Kier molecular flexibility index (Phi) is 5.91. The first kappa shape index (κ1) is 16.6. The summed E-state index contributed by atoms with van der Waals surface area (Å²) in [6, 6.07) is 5.55. The second-order valence-corrected chi connectivity index (χ2v) is 6.75. The van der Waals surface area contributed by atoms with Crippen molar-refractivity contribution in [2.75, 3.05) is 19.6 Å². The summed E-state index contributed by atoms with van der Waals surface area (Å²) in [7, 11) is 0.